The summed E-state index contributed by atoms with van der Waals surface area (Å²) in [6, 6.07) is 5.41. The van der Waals surface area contributed by atoms with Gasteiger partial charge in [0.1, 0.15) is 10.1 Å². The van der Waals surface area contributed by atoms with Crippen molar-refractivity contribution in [2.24, 2.45) is 0 Å². The summed E-state index contributed by atoms with van der Waals surface area (Å²) < 4.78 is 32.1. The smallest absolute Gasteiger partial charge is 0.744 e. The maximum atomic E-state index is 11.4. The summed E-state index contributed by atoms with van der Waals surface area (Å²) in [4.78, 5) is 12.7. The van der Waals surface area contributed by atoms with Crippen molar-refractivity contribution in [1.82, 2.24) is 0 Å². The molecule has 2 rings (SSSR count). The molecule has 1 aliphatic heterocycles. The fourth-order valence-corrected chi connectivity index (χ4v) is 2.18. The third-order valence-electron chi connectivity index (χ3n) is 2.51. The minimum absolute atomic E-state index is 0. The minimum Gasteiger partial charge on any atom is -0.744 e. The standard InChI is InChI=1S/C10H11NO4S.Na/c12-10-2-1-7-11(10)8-3-5-9(6-4-8)16(13,14)15;/h3-6H,1-2,7H2,(H,13,14,15);/q;+1/p-1. The Morgan fingerprint density at radius 3 is 2.18 bits per heavy atom. The van der Waals surface area contributed by atoms with Gasteiger partial charge in [-0.1, -0.05) is 0 Å². The van der Waals surface area contributed by atoms with Crippen LogP contribution in [0.2, 0.25) is 0 Å². The molecule has 0 spiro atoms. The van der Waals surface area contributed by atoms with Crippen molar-refractivity contribution in [3.05, 3.63) is 24.3 Å². The van der Waals surface area contributed by atoms with Gasteiger partial charge in [0.05, 0.1) is 4.90 Å². The second-order valence-electron chi connectivity index (χ2n) is 3.60. The van der Waals surface area contributed by atoms with Crippen LogP contribution >= 0.6 is 0 Å². The van der Waals surface area contributed by atoms with E-state index < -0.39 is 10.1 Å². The summed E-state index contributed by atoms with van der Waals surface area (Å²) in [7, 11) is -4.41. The minimum atomic E-state index is -4.41. The van der Waals surface area contributed by atoms with E-state index in [1.165, 1.54) is 24.3 Å². The Balaban J connectivity index is 0.00000144. The molecule has 0 aliphatic carbocycles. The third kappa shape index (κ3) is 3.29. The topological polar surface area (TPSA) is 77.5 Å². The molecule has 1 amide bonds. The molecule has 0 N–H and O–H groups in total. The average molecular weight is 263 g/mol. The van der Waals surface area contributed by atoms with Crippen molar-refractivity contribution in [2.75, 3.05) is 11.4 Å². The summed E-state index contributed by atoms with van der Waals surface area (Å²) in [5.74, 6) is 0.0257. The molecular formula is C10H10NNaO4S. The van der Waals surface area contributed by atoms with Crippen molar-refractivity contribution in [1.29, 1.82) is 0 Å². The molecule has 7 heteroatoms. The quantitative estimate of drug-likeness (QED) is 0.445. The van der Waals surface area contributed by atoms with Crippen molar-refractivity contribution >= 4 is 21.7 Å². The van der Waals surface area contributed by atoms with Gasteiger partial charge in [0.2, 0.25) is 5.91 Å². The van der Waals surface area contributed by atoms with E-state index in [1.54, 1.807) is 4.90 Å². The normalized spacial score (nSPS) is 15.8. The van der Waals surface area contributed by atoms with E-state index in [-0.39, 0.29) is 40.4 Å². The molecule has 1 aromatic carbocycles. The molecule has 1 saturated heterocycles. The molecule has 5 nitrogen and oxygen atoms in total. The van der Waals surface area contributed by atoms with E-state index in [9.17, 15) is 17.8 Å². The number of anilines is 1. The molecule has 0 saturated carbocycles. The first-order valence-corrected chi connectivity index (χ1v) is 6.25. The Kier molecular flexibility index (Phi) is 4.74. The Labute approximate surface area is 122 Å². The third-order valence-corrected chi connectivity index (χ3v) is 3.36. The number of carbonyl (C=O) groups excluding carboxylic acids is 1. The molecule has 1 aliphatic rings. The Hall–Kier alpha value is -0.400. The Bertz CT molecular complexity index is 512. The zero-order valence-electron chi connectivity index (χ0n) is 9.42. The van der Waals surface area contributed by atoms with Crippen molar-refractivity contribution < 1.29 is 47.3 Å². The van der Waals surface area contributed by atoms with Gasteiger partial charge in [-0.05, 0) is 30.7 Å². The summed E-state index contributed by atoms with van der Waals surface area (Å²) in [5.41, 5.74) is 0.634. The van der Waals surface area contributed by atoms with Crippen LogP contribution in [-0.4, -0.2) is 25.4 Å². The number of amides is 1. The maximum Gasteiger partial charge on any atom is 1.00 e. The first-order chi connectivity index (χ1) is 7.48. The fraction of sp³-hybridized carbons (Fsp3) is 0.300. The van der Waals surface area contributed by atoms with Gasteiger partial charge in [-0.3, -0.25) is 4.79 Å². The number of hydrogen-bond donors (Lipinski definition) is 0. The maximum absolute atomic E-state index is 11.4. The summed E-state index contributed by atoms with van der Waals surface area (Å²) in [6.45, 7) is 0.641. The van der Waals surface area contributed by atoms with Gasteiger partial charge < -0.3 is 9.45 Å². The number of benzene rings is 1. The molecule has 0 radical (unpaired) electrons. The molecule has 0 atom stereocenters. The van der Waals surface area contributed by atoms with Gasteiger partial charge in [0.15, 0.2) is 0 Å². The largest absolute Gasteiger partial charge is 1.00 e. The zero-order valence-corrected chi connectivity index (χ0v) is 12.2. The molecule has 1 heterocycles. The average Bonchev–Trinajstić information content (AvgIpc) is 2.63. The summed E-state index contributed by atoms with van der Waals surface area (Å²) >= 11 is 0. The van der Waals surface area contributed by atoms with Crippen molar-refractivity contribution in [3.63, 3.8) is 0 Å². The van der Waals surface area contributed by atoms with E-state index in [0.717, 1.165) is 6.42 Å². The van der Waals surface area contributed by atoms with Crippen molar-refractivity contribution in [2.45, 2.75) is 17.7 Å². The van der Waals surface area contributed by atoms with E-state index in [0.29, 0.717) is 18.7 Å². The van der Waals surface area contributed by atoms with Crippen LogP contribution in [0.25, 0.3) is 0 Å². The van der Waals surface area contributed by atoms with Crippen LogP contribution in [0.1, 0.15) is 12.8 Å². The second kappa shape index (κ2) is 5.49. The Morgan fingerprint density at radius 1 is 1.18 bits per heavy atom. The van der Waals surface area contributed by atoms with Gasteiger partial charge in [-0.25, -0.2) is 8.42 Å². The van der Waals surface area contributed by atoms with Crippen LogP contribution in [0.5, 0.6) is 0 Å². The van der Waals surface area contributed by atoms with E-state index >= 15 is 0 Å². The summed E-state index contributed by atoms with van der Waals surface area (Å²) in [5, 5.41) is 0. The summed E-state index contributed by atoms with van der Waals surface area (Å²) in [6.07, 6.45) is 1.32. The van der Waals surface area contributed by atoms with Crippen LogP contribution in [0.3, 0.4) is 0 Å². The number of carbonyl (C=O) groups is 1. The van der Waals surface area contributed by atoms with Gasteiger partial charge in [0.25, 0.3) is 0 Å². The number of hydrogen-bond acceptors (Lipinski definition) is 4. The van der Waals surface area contributed by atoms with E-state index in [2.05, 4.69) is 0 Å². The van der Waals surface area contributed by atoms with Gasteiger partial charge in [-0.2, -0.15) is 0 Å². The molecule has 0 bridgehead atoms. The van der Waals surface area contributed by atoms with Crippen LogP contribution in [0.4, 0.5) is 5.69 Å². The molecular weight excluding hydrogens is 253 g/mol. The van der Waals surface area contributed by atoms with Crippen LogP contribution in [0.15, 0.2) is 29.2 Å². The number of nitrogens with zero attached hydrogens (tertiary/aromatic N) is 1. The molecule has 1 aromatic rings. The van der Waals surface area contributed by atoms with Crippen LogP contribution in [-0.2, 0) is 14.9 Å². The van der Waals surface area contributed by atoms with Gasteiger partial charge >= 0.3 is 29.6 Å². The van der Waals surface area contributed by atoms with E-state index in [4.69, 9.17) is 0 Å². The number of rotatable bonds is 2. The molecule has 0 aromatic heterocycles. The Morgan fingerprint density at radius 2 is 1.76 bits per heavy atom. The van der Waals surface area contributed by atoms with Gasteiger partial charge in [0, 0.05) is 18.7 Å². The predicted octanol–water partition coefficient (Wildman–Crippen LogP) is -2.28. The van der Waals surface area contributed by atoms with Gasteiger partial charge in [-0.15, -0.1) is 0 Å². The molecule has 17 heavy (non-hydrogen) atoms. The monoisotopic (exact) mass is 263 g/mol. The van der Waals surface area contributed by atoms with Crippen LogP contribution in [0, 0.1) is 0 Å². The van der Waals surface area contributed by atoms with Crippen molar-refractivity contribution in [3.8, 4) is 0 Å². The predicted molar refractivity (Wildman–Crippen MR) is 56.0 cm³/mol. The first kappa shape index (κ1) is 14.7. The zero-order chi connectivity index (χ0) is 11.8. The second-order valence-corrected chi connectivity index (χ2v) is 4.98. The molecule has 1 fully saturated rings. The fourth-order valence-electron chi connectivity index (χ4n) is 1.71. The molecule has 86 valence electrons. The first-order valence-electron chi connectivity index (χ1n) is 4.85. The van der Waals surface area contributed by atoms with Crippen LogP contribution < -0.4 is 34.5 Å². The SMILES string of the molecule is O=C1CCCN1c1ccc(S(=O)(=O)[O-])cc1.[Na+]. The van der Waals surface area contributed by atoms with E-state index in [1.807, 2.05) is 0 Å². The molecule has 0 unspecified atom stereocenters.